The van der Waals surface area contributed by atoms with Crippen LogP contribution in [-0.2, 0) is 12.8 Å². The Morgan fingerprint density at radius 1 is 0.358 bits per heavy atom. The van der Waals surface area contributed by atoms with Crippen LogP contribution in [0.25, 0.3) is 0 Å². The molecule has 0 saturated carbocycles. The molecule has 4 aromatic carbocycles. The van der Waals surface area contributed by atoms with Crippen molar-refractivity contribution in [1.29, 1.82) is 0 Å². The summed E-state index contributed by atoms with van der Waals surface area (Å²) < 4.78 is 0. The molecule has 0 aromatic heterocycles. The van der Waals surface area contributed by atoms with Crippen molar-refractivity contribution >= 4 is 18.7 Å². The number of hydrogen-bond donors (Lipinski definition) is 1. The Bertz CT molecular complexity index is 1640. The Hall–Kier alpha value is -3.46. The lowest BCUT2D eigenvalue weighted by atomic mass is 9.87. The summed E-state index contributed by atoms with van der Waals surface area (Å²) in [5.74, 6) is 0.663. The highest BCUT2D eigenvalue weighted by atomic mass is 28.4. The van der Waals surface area contributed by atoms with Crippen molar-refractivity contribution in [3.05, 3.63) is 157 Å². The van der Waals surface area contributed by atoms with E-state index in [1.165, 1.54) is 217 Å². The summed E-state index contributed by atoms with van der Waals surface area (Å²) in [5, 5.41) is 2.12. The van der Waals surface area contributed by atoms with Crippen molar-refractivity contribution in [2.45, 2.75) is 231 Å². The molecule has 0 bridgehead atoms. The van der Waals surface area contributed by atoms with Crippen molar-refractivity contribution in [2.24, 2.45) is 5.92 Å². The monoisotopic (exact) mass is 923 g/mol. The lowest BCUT2D eigenvalue weighted by Gasteiger charge is -2.43. The van der Waals surface area contributed by atoms with E-state index in [2.05, 4.69) is 159 Å². The van der Waals surface area contributed by atoms with E-state index >= 15 is 0 Å². The van der Waals surface area contributed by atoms with Crippen molar-refractivity contribution < 1.29 is 4.80 Å². The van der Waals surface area contributed by atoms with Crippen LogP contribution in [0.3, 0.4) is 0 Å². The molecule has 1 nitrogen and oxygen atoms in total. The first-order valence-electron chi connectivity index (χ1n) is 28.2. The molecule has 67 heavy (non-hydrogen) atoms. The van der Waals surface area contributed by atoms with E-state index in [0.29, 0.717) is 5.92 Å². The van der Waals surface area contributed by atoms with Crippen LogP contribution < -0.4 is 10.4 Å². The van der Waals surface area contributed by atoms with Gasteiger partial charge in [0.05, 0.1) is 0 Å². The van der Waals surface area contributed by atoms with E-state index in [-0.39, 0.29) is 5.04 Å². The highest BCUT2D eigenvalue weighted by molar-refractivity contribution is 6.98. The minimum absolute atomic E-state index is 0.174. The van der Waals surface area contributed by atoms with Gasteiger partial charge in [-0.15, -0.1) is 0 Å². The molecule has 0 atom stereocenters. The molecule has 0 aliphatic carbocycles. The van der Waals surface area contributed by atoms with Crippen molar-refractivity contribution in [1.82, 2.24) is 0 Å². The zero-order valence-electron chi connectivity index (χ0n) is 43.2. The molecule has 368 valence electrons. The van der Waals surface area contributed by atoms with Gasteiger partial charge in [-0.3, -0.25) is 0 Å². The van der Waals surface area contributed by atoms with Crippen LogP contribution >= 0.6 is 0 Å². The third kappa shape index (κ3) is 24.6. The van der Waals surface area contributed by atoms with Gasteiger partial charge in [0.15, 0.2) is 0 Å². The molecule has 0 aliphatic heterocycles. The summed E-state index contributed by atoms with van der Waals surface area (Å²) in [6.45, 7) is 4.78. The van der Waals surface area contributed by atoms with E-state index in [9.17, 15) is 4.80 Å². The van der Waals surface area contributed by atoms with Crippen LogP contribution in [0, 0.1) is 5.92 Å². The highest BCUT2D eigenvalue weighted by Crippen LogP contribution is 2.44. The highest BCUT2D eigenvalue weighted by Gasteiger charge is 2.50. The second kappa shape index (κ2) is 36.5. The van der Waals surface area contributed by atoms with Gasteiger partial charge < -0.3 is 4.80 Å². The molecular formula is C65H98OSi. The normalized spacial score (nSPS) is 12.3. The Balaban J connectivity index is 1.07. The molecule has 4 rings (SSSR count). The minimum atomic E-state index is -3.01. The zero-order chi connectivity index (χ0) is 47.2. The van der Waals surface area contributed by atoms with Gasteiger partial charge in [-0.2, -0.15) is 0 Å². The van der Waals surface area contributed by atoms with E-state index < -0.39 is 8.32 Å². The third-order valence-electron chi connectivity index (χ3n) is 14.8. The number of hydrogen-bond acceptors (Lipinski definition) is 1. The summed E-state index contributed by atoms with van der Waals surface area (Å²) in [6.07, 6.45) is 53.7. The van der Waals surface area contributed by atoms with Crippen LogP contribution in [0.1, 0.15) is 224 Å². The molecule has 0 aliphatic rings. The van der Waals surface area contributed by atoms with Crippen molar-refractivity contribution in [2.75, 3.05) is 0 Å². The predicted octanol–water partition coefficient (Wildman–Crippen LogP) is 18.8. The van der Waals surface area contributed by atoms with Gasteiger partial charge >= 0.3 is 0 Å². The summed E-state index contributed by atoms with van der Waals surface area (Å²) in [4.78, 5) is 13.0. The fraction of sp³-hybridized carbons (Fsp3) is 0.569. The lowest BCUT2D eigenvalue weighted by molar-refractivity contribution is 0.326. The van der Waals surface area contributed by atoms with E-state index in [1.54, 1.807) is 0 Å². The second-order valence-corrected chi connectivity index (χ2v) is 25.0. The number of allylic oxidation sites excluding steroid dienone is 4. The Kier molecular flexibility index (Phi) is 30.6. The third-order valence-corrected chi connectivity index (χ3v) is 19.3. The van der Waals surface area contributed by atoms with E-state index in [0.717, 1.165) is 16.8 Å². The lowest BCUT2D eigenvalue weighted by Crippen LogP contribution is -2.65. The van der Waals surface area contributed by atoms with Crippen LogP contribution in [0.2, 0.25) is 5.04 Å². The first-order chi connectivity index (χ1) is 33.0. The molecule has 0 fully saturated rings. The van der Waals surface area contributed by atoms with Gasteiger partial charge in [-0.25, -0.2) is 0 Å². The molecule has 1 N–H and O–H groups in total. The number of unbranched alkanes of at least 4 members (excludes halogenated alkanes) is 24. The van der Waals surface area contributed by atoms with Crippen LogP contribution in [0.15, 0.2) is 146 Å². The van der Waals surface area contributed by atoms with Crippen LogP contribution in [-0.4, -0.2) is 13.1 Å². The summed E-state index contributed by atoms with van der Waals surface area (Å²) in [5.41, 5.74) is 2.97. The molecule has 2 heteroatoms. The average Bonchev–Trinajstić information content (AvgIpc) is 3.36. The number of rotatable bonds is 41. The maximum atomic E-state index is 13.0. The zero-order valence-corrected chi connectivity index (χ0v) is 44.2. The maximum Gasteiger partial charge on any atom is 0.258 e. The topological polar surface area (TPSA) is 20.2 Å². The van der Waals surface area contributed by atoms with Gasteiger partial charge in [0.25, 0.3) is 8.32 Å². The second-order valence-electron chi connectivity index (χ2n) is 21.0. The SMILES string of the molecule is CC(C)(CC(CCCCCCCC/C=C\CCCCCCCCc1ccccc1)CCCCCCCC/C=C\CCCCCCCCc1ccccc1)[Si](O)(c1ccccc1)c1ccccc1. The molecule has 0 spiro atoms. The Labute approximate surface area is 414 Å². The summed E-state index contributed by atoms with van der Waals surface area (Å²) in [6, 6.07) is 43.3. The summed E-state index contributed by atoms with van der Waals surface area (Å²) in [7, 11) is -3.01. The van der Waals surface area contributed by atoms with Crippen molar-refractivity contribution in [3.8, 4) is 0 Å². The van der Waals surface area contributed by atoms with Gasteiger partial charge in [-0.05, 0) is 116 Å². The quantitative estimate of drug-likeness (QED) is 0.0267. The van der Waals surface area contributed by atoms with E-state index in [1.807, 2.05) is 0 Å². The molecular weight excluding hydrogens is 825 g/mol. The van der Waals surface area contributed by atoms with Gasteiger partial charge in [-0.1, -0.05) is 288 Å². The molecule has 0 heterocycles. The fourth-order valence-electron chi connectivity index (χ4n) is 10.7. The molecule has 0 saturated heterocycles. The molecule has 4 aromatic rings. The summed E-state index contributed by atoms with van der Waals surface area (Å²) >= 11 is 0. The molecule has 0 unspecified atom stereocenters. The Morgan fingerprint density at radius 3 is 0.955 bits per heavy atom. The first kappa shape index (κ1) is 56.1. The minimum Gasteiger partial charge on any atom is -0.424 e. The van der Waals surface area contributed by atoms with Gasteiger partial charge in [0.1, 0.15) is 0 Å². The largest absolute Gasteiger partial charge is 0.424 e. The number of aryl methyl sites for hydroxylation is 2. The van der Waals surface area contributed by atoms with Gasteiger partial charge in [0, 0.05) is 0 Å². The van der Waals surface area contributed by atoms with Crippen LogP contribution in [0.5, 0.6) is 0 Å². The Morgan fingerprint density at radius 2 is 0.627 bits per heavy atom. The molecule has 0 amide bonds. The van der Waals surface area contributed by atoms with Crippen LogP contribution in [0.4, 0.5) is 0 Å². The molecule has 0 radical (unpaired) electrons. The maximum absolute atomic E-state index is 13.0. The smallest absolute Gasteiger partial charge is 0.258 e. The fourth-order valence-corrected chi connectivity index (χ4v) is 14.5. The first-order valence-corrected chi connectivity index (χ1v) is 30.1. The number of benzene rings is 4. The average molecular weight is 924 g/mol. The predicted molar refractivity (Wildman–Crippen MR) is 299 cm³/mol. The van der Waals surface area contributed by atoms with E-state index in [4.69, 9.17) is 0 Å². The van der Waals surface area contributed by atoms with Crippen molar-refractivity contribution in [3.63, 3.8) is 0 Å². The van der Waals surface area contributed by atoms with Gasteiger partial charge in [0.2, 0.25) is 0 Å². The standard InChI is InChI=1S/C65H98OSi/c1-65(2,67(66,63-55-43-33-44-56-63)64-57-45-34-46-58-64)59-62(53-37-29-25-21-17-13-9-5-3-7-11-15-19-23-27-35-47-60-49-39-31-40-50-60)54-38-30-26-22-18-14-10-6-4-8-12-16-20-24-28-36-48-61-51-41-32-42-52-61/h3-6,31-34,39-46,49-52,55-58,62,66H,7-30,35-38,47-48,53-54,59H2,1-2H3/b5-3-,6-4-.